The van der Waals surface area contributed by atoms with Crippen molar-refractivity contribution in [1.82, 2.24) is 24.7 Å². The molecule has 0 radical (unpaired) electrons. The van der Waals surface area contributed by atoms with Gasteiger partial charge >= 0.3 is 0 Å². The highest BCUT2D eigenvalue weighted by Gasteiger charge is 2.25. The number of nitrogens with zero attached hydrogens (tertiary/aromatic N) is 6. The van der Waals surface area contributed by atoms with Crippen LogP contribution in [0.1, 0.15) is 6.42 Å². The van der Waals surface area contributed by atoms with Crippen LogP contribution in [0.25, 0.3) is 11.0 Å². The lowest BCUT2D eigenvalue weighted by atomic mass is 10.1. The highest BCUT2D eigenvalue weighted by molar-refractivity contribution is 5.86. The molecule has 0 aliphatic carbocycles. The van der Waals surface area contributed by atoms with Gasteiger partial charge in [-0.1, -0.05) is 6.07 Å². The van der Waals surface area contributed by atoms with E-state index in [-0.39, 0.29) is 0 Å². The maximum absolute atomic E-state index is 4.48. The van der Waals surface area contributed by atoms with Crippen molar-refractivity contribution in [2.24, 2.45) is 13.0 Å². The maximum atomic E-state index is 4.48. The first-order chi connectivity index (χ1) is 11.3. The summed E-state index contributed by atoms with van der Waals surface area (Å²) in [4.78, 5) is 15.4. The van der Waals surface area contributed by atoms with Gasteiger partial charge in [0.25, 0.3) is 0 Å². The van der Waals surface area contributed by atoms with Crippen LogP contribution < -0.4 is 10.2 Å². The van der Waals surface area contributed by atoms with E-state index in [9.17, 15) is 0 Å². The summed E-state index contributed by atoms with van der Waals surface area (Å²) in [5, 5.41) is 8.72. The van der Waals surface area contributed by atoms with Crippen LogP contribution in [0.3, 0.4) is 0 Å². The van der Waals surface area contributed by atoms with E-state index in [2.05, 4.69) is 30.3 Å². The van der Waals surface area contributed by atoms with Crippen molar-refractivity contribution >= 4 is 22.7 Å². The third-order valence-electron chi connectivity index (χ3n) is 4.33. The van der Waals surface area contributed by atoms with Crippen LogP contribution in [0, 0.1) is 5.92 Å². The Morgan fingerprint density at radius 2 is 2.22 bits per heavy atom. The second-order valence-corrected chi connectivity index (χ2v) is 5.90. The van der Waals surface area contributed by atoms with Gasteiger partial charge in [-0.3, -0.25) is 4.68 Å². The Labute approximate surface area is 134 Å². The molecule has 1 aliphatic rings. The van der Waals surface area contributed by atoms with Crippen molar-refractivity contribution in [3.63, 3.8) is 0 Å². The Kier molecular flexibility index (Phi) is 3.53. The predicted molar refractivity (Wildman–Crippen MR) is 89.4 cm³/mol. The van der Waals surface area contributed by atoms with Crippen molar-refractivity contribution in [2.75, 3.05) is 29.9 Å². The summed E-state index contributed by atoms with van der Waals surface area (Å²) < 4.78 is 1.79. The molecule has 0 unspecified atom stereocenters. The summed E-state index contributed by atoms with van der Waals surface area (Å²) in [6.07, 6.45) is 6.43. The van der Waals surface area contributed by atoms with E-state index in [4.69, 9.17) is 0 Å². The van der Waals surface area contributed by atoms with Crippen molar-refractivity contribution in [1.29, 1.82) is 0 Å². The Hall–Kier alpha value is -2.70. The number of hydrogen-bond acceptors (Lipinski definition) is 6. The minimum absolute atomic E-state index is 0.582. The average Bonchev–Trinajstić information content (AvgIpc) is 3.21. The van der Waals surface area contributed by atoms with E-state index in [1.807, 2.05) is 37.6 Å². The fourth-order valence-corrected chi connectivity index (χ4v) is 3.11. The van der Waals surface area contributed by atoms with E-state index in [1.54, 1.807) is 11.0 Å². The standard InChI is InChI=1S/C16H19N7/c1-22-15-13(9-21-22)16(20-11-19-15)23-7-5-12(10-23)8-18-14-4-2-3-6-17-14/h2-4,6,9,11-12H,5,7-8,10H2,1H3,(H,17,18)/t12-/m0/s1. The lowest BCUT2D eigenvalue weighted by Gasteiger charge is -2.18. The molecule has 1 atom stereocenters. The van der Waals surface area contributed by atoms with Gasteiger partial charge in [0.15, 0.2) is 5.65 Å². The number of aryl methyl sites for hydroxylation is 1. The Morgan fingerprint density at radius 3 is 3.09 bits per heavy atom. The molecule has 4 rings (SSSR count). The number of anilines is 2. The van der Waals surface area contributed by atoms with Crippen molar-refractivity contribution in [3.8, 4) is 0 Å². The highest BCUT2D eigenvalue weighted by atomic mass is 15.3. The highest BCUT2D eigenvalue weighted by Crippen LogP contribution is 2.27. The summed E-state index contributed by atoms with van der Waals surface area (Å²) in [5.41, 5.74) is 0.880. The lowest BCUT2D eigenvalue weighted by Crippen LogP contribution is -2.23. The Morgan fingerprint density at radius 1 is 1.26 bits per heavy atom. The van der Waals surface area contributed by atoms with Gasteiger partial charge in [0.2, 0.25) is 0 Å². The summed E-state index contributed by atoms with van der Waals surface area (Å²) in [5.74, 6) is 2.50. The number of hydrogen-bond donors (Lipinski definition) is 1. The topological polar surface area (TPSA) is 71.8 Å². The molecule has 1 N–H and O–H groups in total. The van der Waals surface area contributed by atoms with Crippen molar-refractivity contribution in [2.45, 2.75) is 6.42 Å². The van der Waals surface area contributed by atoms with Crippen LogP contribution >= 0.6 is 0 Å². The SMILES string of the molecule is Cn1ncc2c(N3CC[C@@H](CNc4ccccn4)C3)ncnc21. The monoisotopic (exact) mass is 309 g/mol. The molecule has 3 aromatic heterocycles. The zero-order chi connectivity index (χ0) is 15.6. The first-order valence-electron chi connectivity index (χ1n) is 7.84. The molecule has 1 saturated heterocycles. The zero-order valence-electron chi connectivity index (χ0n) is 13.1. The van der Waals surface area contributed by atoms with E-state index in [0.29, 0.717) is 5.92 Å². The lowest BCUT2D eigenvalue weighted by molar-refractivity contribution is 0.621. The average molecular weight is 309 g/mol. The van der Waals surface area contributed by atoms with Gasteiger partial charge in [0.05, 0.1) is 11.6 Å². The molecule has 118 valence electrons. The summed E-state index contributed by atoms with van der Waals surface area (Å²) in [6.45, 7) is 2.92. The molecule has 3 aromatic rings. The molecule has 1 aliphatic heterocycles. The molecule has 4 heterocycles. The number of pyridine rings is 1. The zero-order valence-corrected chi connectivity index (χ0v) is 13.1. The first-order valence-corrected chi connectivity index (χ1v) is 7.84. The first kappa shape index (κ1) is 13.9. The van der Waals surface area contributed by atoms with Crippen LogP contribution in [0.2, 0.25) is 0 Å². The molecule has 7 nitrogen and oxygen atoms in total. The second kappa shape index (κ2) is 5.83. The summed E-state index contributed by atoms with van der Waals surface area (Å²) in [7, 11) is 1.91. The number of aromatic nitrogens is 5. The van der Waals surface area contributed by atoms with Crippen LogP contribution in [-0.4, -0.2) is 44.4 Å². The minimum Gasteiger partial charge on any atom is -0.370 e. The van der Waals surface area contributed by atoms with Crippen molar-refractivity contribution < 1.29 is 0 Å². The van der Waals surface area contributed by atoms with Crippen LogP contribution in [0.15, 0.2) is 36.9 Å². The van der Waals surface area contributed by atoms with Gasteiger partial charge in [0.1, 0.15) is 18.0 Å². The quantitative estimate of drug-likeness (QED) is 0.791. The van der Waals surface area contributed by atoms with E-state index in [0.717, 1.165) is 48.7 Å². The van der Waals surface area contributed by atoms with E-state index in [1.165, 1.54) is 0 Å². The fourth-order valence-electron chi connectivity index (χ4n) is 3.11. The molecule has 7 heteroatoms. The molecular weight excluding hydrogens is 290 g/mol. The predicted octanol–water partition coefficient (Wildman–Crippen LogP) is 1.70. The minimum atomic E-state index is 0.582. The molecule has 0 aromatic carbocycles. The fraction of sp³-hybridized carbons (Fsp3) is 0.375. The van der Waals surface area contributed by atoms with Gasteiger partial charge in [-0.2, -0.15) is 5.10 Å². The van der Waals surface area contributed by atoms with E-state index < -0.39 is 0 Å². The largest absolute Gasteiger partial charge is 0.370 e. The molecule has 0 spiro atoms. The van der Waals surface area contributed by atoms with Crippen LogP contribution in [0.5, 0.6) is 0 Å². The summed E-state index contributed by atoms with van der Waals surface area (Å²) in [6, 6.07) is 5.92. The smallest absolute Gasteiger partial charge is 0.163 e. The molecule has 0 bridgehead atoms. The van der Waals surface area contributed by atoms with Crippen LogP contribution in [0.4, 0.5) is 11.6 Å². The molecule has 1 fully saturated rings. The Bertz CT molecular complexity index is 799. The van der Waals surface area contributed by atoms with Gasteiger partial charge < -0.3 is 10.2 Å². The van der Waals surface area contributed by atoms with Crippen LogP contribution in [-0.2, 0) is 7.05 Å². The van der Waals surface area contributed by atoms with Crippen molar-refractivity contribution in [3.05, 3.63) is 36.9 Å². The number of rotatable bonds is 4. The molecule has 0 amide bonds. The molecular formula is C16H19N7. The number of fused-ring (bicyclic) bond motifs is 1. The van der Waals surface area contributed by atoms with Gasteiger partial charge in [-0.25, -0.2) is 15.0 Å². The molecule has 23 heavy (non-hydrogen) atoms. The normalized spacial score (nSPS) is 17.8. The van der Waals surface area contributed by atoms with E-state index >= 15 is 0 Å². The van der Waals surface area contributed by atoms with Gasteiger partial charge in [-0.15, -0.1) is 0 Å². The second-order valence-electron chi connectivity index (χ2n) is 5.90. The third-order valence-corrected chi connectivity index (χ3v) is 4.33. The summed E-state index contributed by atoms with van der Waals surface area (Å²) >= 11 is 0. The van der Waals surface area contributed by atoms with Gasteiger partial charge in [0, 0.05) is 32.9 Å². The maximum Gasteiger partial charge on any atom is 0.163 e. The third kappa shape index (κ3) is 2.69. The number of nitrogens with one attached hydrogen (secondary N) is 1. The molecule has 0 saturated carbocycles. The Balaban J connectivity index is 1.45. The van der Waals surface area contributed by atoms with Gasteiger partial charge in [-0.05, 0) is 24.5 Å².